The van der Waals surface area contributed by atoms with Crippen molar-refractivity contribution < 1.29 is 9.13 Å². The molecule has 0 unspecified atom stereocenters. The maximum atomic E-state index is 13.7. The van der Waals surface area contributed by atoms with E-state index in [9.17, 15) is 4.39 Å². The first-order valence-electron chi connectivity index (χ1n) is 6.43. The molecule has 1 nitrogen and oxygen atoms in total. The normalized spacial score (nSPS) is 17.4. The molecule has 0 atom stereocenters. The van der Waals surface area contributed by atoms with E-state index in [1.807, 2.05) is 26.8 Å². The summed E-state index contributed by atoms with van der Waals surface area (Å²) in [5.74, 6) is 0.666. The molecule has 0 saturated heterocycles. The Morgan fingerprint density at radius 3 is 2.41 bits per heavy atom. The molecular formula is C15H21FO. The smallest absolute Gasteiger partial charge is 0.127 e. The summed E-state index contributed by atoms with van der Waals surface area (Å²) in [5.41, 5.74) is 0.548. The van der Waals surface area contributed by atoms with Crippen LogP contribution in [0.15, 0.2) is 18.2 Å². The van der Waals surface area contributed by atoms with Gasteiger partial charge in [-0.15, -0.1) is 0 Å². The second-order valence-electron chi connectivity index (χ2n) is 5.92. The molecular weight excluding hydrogens is 215 g/mol. The van der Waals surface area contributed by atoms with Gasteiger partial charge in [0, 0.05) is 0 Å². The quantitative estimate of drug-likeness (QED) is 0.737. The van der Waals surface area contributed by atoms with Gasteiger partial charge in [0.2, 0.25) is 0 Å². The van der Waals surface area contributed by atoms with E-state index in [1.54, 1.807) is 6.07 Å². The van der Waals surface area contributed by atoms with Crippen LogP contribution in [0.3, 0.4) is 0 Å². The predicted molar refractivity (Wildman–Crippen MR) is 68.0 cm³/mol. The third-order valence-corrected chi connectivity index (χ3v) is 3.35. The van der Waals surface area contributed by atoms with Gasteiger partial charge in [0.25, 0.3) is 0 Å². The van der Waals surface area contributed by atoms with Crippen LogP contribution in [0.5, 0.6) is 5.75 Å². The predicted octanol–water partition coefficient (Wildman–Crippen LogP) is 4.44. The molecule has 0 aliphatic heterocycles. The van der Waals surface area contributed by atoms with Crippen molar-refractivity contribution in [2.75, 3.05) is 0 Å². The van der Waals surface area contributed by atoms with E-state index in [1.165, 1.54) is 18.9 Å². The maximum absolute atomic E-state index is 13.7. The van der Waals surface area contributed by atoms with Gasteiger partial charge in [-0.25, -0.2) is 4.39 Å². The monoisotopic (exact) mass is 236 g/mol. The Morgan fingerprint density at radius 2 is 1.82 bits per heavy atom. The van der Waals surface area contributed by atoms with Crippen molar-refractivity contribution in [1.82, 2.24) is 0 Å². The Kier molecular flexibility index (Phi) is 3.41. The van der Waals surface area contributed by atoms with Crippen LogP contribution in [0.2, 0.25) is 0 Å². The molecule has 0 bridgehead atoms. The number of halogens is 1. The Hall–Kier alpha value is -1.05. The van der Waals surface area contributed by atoms with Crippen LogP contribution in [0, 0.1) is 5.82 Å². The zero-order valence-electron chi connectivity index (χ0n) is 10.9. The highest BCUT2D eigenvalue weighted by Gasteiger charge is 2.21. The molecule has 1 aliphatic rings. The molecule has 0 spiro atoms. The fourth-order valence-corrected chi connectivity index (χ4v) is 2.35. The minimum absolute atomic E-state index is 0.142. The highest BCUT2D eigenvalue weighted by Crippen LogP contribution is 2.30. The third-order valence-electron chi connectivity index (χ3n) is 3.35. The summed E-state index contributed by atoms with van der Waals surface area (Å²) in [4.78, 5) is 0. The maximum Gasteiger partial charge on any atom is 0.127 e. The van der Waals surface area contributed by atoms with Crippen LogP contribution in [0.4, 0.5) is 4.39 Å². The van der Waals surface area contributed by atoms with Crippen molar-refractivity contribution in [3.8, 4) is 5.75 Å². The summed E-state index contributed by atoms with van der Waals surface area (Å²) in [6, 6.07) is 5.11. The standard InChI is InChI=1S/C15H21FO/c1-15(2,3)13-10-12(8-9-14(13)16)17-11-6-4-5-7-11/h8-11H,4-7H2,1-3H3. The molecule has 0 aromatic heterocycles. The van der Waals surface area contributed by atoms with Crippen molar-refractivity contribution in [3.63, 3.8) is 0 Å². The van der Waals surface area contributed by atoms with E-state index >= 15 is 0 Å². The molecule has 1 aliphatic carbocycles. The average Bonchev–Trinajstić information content (AvgIpc) is 2.72. The first-order chi connectivity index (χ1) is 7.97. The van der Waals surface area contributed by atoms with Gasteiger partial charge < -0.3 is 4.74 Å². The second kappa shape index (κ2) is 4.67. The van der Waals surface area contributed by atoms with Crippen molar-refractivity contribution in [2.24, 2.45) is 0 Å². The van der Waals surface area contributed by atoms with Gasteiger partial charge in [0.05, 0.1) is 6.10 Å². The molecule has 17 heavy (non-hydrogen) atoms. The molecule has 1 saturated carbocycles. The molecule has 0 heterocycles. The summed E-state index contributed by atoms with van der Waals surface area (Å²) in [5, 5.41) is 0. The van der Waals surface area contributed by atoms with Gasteiger partial charge in [-0.05, 0) is 54.9 Å². The molecule has 0 N–H and O–H groups in total. The van der Waals surface area contributed by atoms with E-state index in [0.29, 0.717) is 6.10 Å². The van der Waals surface area contributed by atoms with Crippen LogP contribution < -0.4 is 4.74 Å². The summed E-state index contributed by atoms with van der Waals surface area (Å²) < 4.78 is 19.6. The largest absolute Gasteiger partial charge is 0.490 e. The summed E-state index contributed by atoms with van der Waals surface area (Å²) in [7, 11) is 0. The van der Waals surface area contributed by atoms with Gasteiger partial charge in [-0.1, -0.05) is 20.8 Å². The van der Waals surface area contributed by atoms with Gasteiger partial charge >= 0.3 is 0 Å². The summed E-state index contributed by atoms with van der Waals surface area (Å²) in [6.45, 7) is 6.06. The van der Waals surface area contributed by atoms with E-state index in [4.69, 9.17) is 4.74 Å². The van der Waals surface area contributed by atoms with Crippen LogP contribution in [0.25, 0.3) is 0 Å². The van der Waals surface area contributed by atoms with Crippen molar-refractivity contribution in [2.45, 2.75) is 58.0 Å². The lowest BCUT2D eigenvalue weighted by molar-refractivity contribution is 0.209. The lowest BCUT2D eigenvalue weighted by atomic mass is 9.86. The molecule has 2 rings (SSSR count). The topological polar surface area (TPSA) is 9.23 Å². The minimum atomic E-state index is -0.181. The Labute approximate surface area is 103 Å². The fraction of sp³-hybridized carbons (Fsp3) is 0.600. The fourth-order valence-electron chi connectivity index (χ4n) is 2.35. The highest BCUT2D eigenvalue weighted by molar-refractivity contribution is 5.34. The third kappa shape index (κ3) is 2.99. The van der Waals surface area contributed by atoms with E-state index in [0.717, 1.165) is 24.2 Å². The van der Waals surface area contributed by atoms with Crippen molar-refractivity contribution >= 4 is 0 Å². The molecule has 94 valence electrons. The van der Waals surface area contributed by atoms with Crippen molar-refractivity contribution in [1.29, 1.82) is 0 Å². The number of ether oxygens (including phenoxy) is 1. The number of rotatable bonds is 2. The zero-order valence-corrected chi connectivity index (χ0v) is 10.9. The first kappa shape index (κ1) is 12.4. The van der Waals surface area contributed by atoms with Crippen LogP contribution in [-0.2, 0) is 5.41 Å². The molecule has 2 heteroatoms. The van der Waals surface area contributed by atoms with Crippen LogP contribution >= 0.6 is 0 Å². The molecule has 1 aromatic carbocycles. The summed E-state index contributed by atoms with van der Waals surface area (Å²) in [6.07, 6.45) is 5.08. The molecule has 0 amide bonds. The Balaban J connectivity index is 2.18. The lowest BCUT2D eigenvalue weighted by Crippen LogP contribution is -2.15. The second-order valence-corrected chi connectivity index (χ2v) is 5.92. The highest BCUT2D eigenvalue weighted by atomic mass is 19.1. The van der Waals surface area contributed by atoms with Crippen molar-refractivity contribution in [3.05, 3.63) is 29.6 Å². The van der Waals surface area contributed by atoms with Gasteiger partial charge in [0.15, 0.2) is 0 Å². The SMILES string of the molecule is CC(C)(C)c1cc(OC2CCCC2)ccc1F. The van der Waals surface area contributed by atoms with E-state index in [-0.39, 0.29) is 11.2 Å². The lowest BCUT2D eigenvalue weighted by Gasteiger charge is -2.21. The Morgan fingerprint density at radius 1 is 1.18 bits per heavy atom. The number of hydrogen-bond donors (Lipinski definition) is 0. The van der Waals surface area contributed by atoms with E-state index < -0.39 is 0 Å². The van der Waals surface area contributed by atoms with Crippen LogP contribution in [0.1, 0.15) is 52.0 Å². The first-order valence-corrected chi connectivity index (χ1v) is 6.43. The van der Waals surface area contributed by atoms with Gasteiger partial charge in [-0.2, -0.15) is 0 Å². The summed E-state index contributed by atoms with van der Waals surface area (Å²) >= 11 is 0. The van der Waals surface area contributed by atoms with Gasteiger partial charge in [-0.3, -0.25) is 0 Å². The number of hydrogen-bond acceptors (Lipinski definition) is 1. The average molecular weight is 236 g/mol. The molecule has 1 aromatic rings. The van der Waals surface area contributed by atoms with E-state index in [2.05, 4.69) is 0 Å². The zero-order chi connectivity index (χ0) is 12.5. The van der Waals surface area contributed by atoms with Crippen LogP contribution in [-0.4, -0.2) is 6.10 Å². The van der Waals surface area contributed by atoms with Gasteiger partial charge in [0.1, 0.15) is 11.6 Å². The Bertz CT molecular complexity index is 386. The number of benzene rings is 1. The molecule has 1 fully saturated rings. The minimum Gasteiger partial charge on any atom is -0.490 e. The molecule has 0 radical (unpaired) electrons.